The number of rotatable bonds is 9. The van der Waals surface area contributed by atoms with Crippen molar-refractivity contribution in [2.24, 2.45) is 0 Å². The quantitative estimate of drug-likeness (QED) is 0.453. The van der Waals surface area contributed by atoms with Gasteiger partial charge in [-0.1, -0.05) is 78.9 Å². The van der Waals surface area contributed by atoms with Crippen molar-refractivity contribution in [2.45, 2.75) is 24.8 Å². The maximum atomic E-state index is 12.2. The summed E-state index contributed by atoms with van der Waals surface area (Å²) in [5, 5.41) is 14.3. The molecule has 7 nitrogen and oxygen atoms in total. The standard InChI is InChI=1S/C27H26N2O5/c30-25(29-24(26(31)32)15-14-18-8-2-1-3-9-18)16-28-27(33)34-17-23-21-12-6-4-10-19(21)20-11-5-7-13-22(20)23/h1-13,23-24H,14-17H2,(H,28,33)(H,29,30)(H,31,32). The van der Waals surface area contributed by atoms with Crippen molar-refractivity contribution in [3.63, 3.8) is 0 Å². The molecule has 34 heavy (non-hydrogen) atoms. The van der Waals surface area contributed by atoms with Crippen LogP contribution in [-0.2, 0) is 20.7 Å². The lowest BCUT2D eigenvalue weighted by atomic mass is 9.98. The Kier molecular flexibility index (Phi) is 7.22. The Morgan fingerprint density at radius 1 is 0.853 bits per heavy atom. The first-order chi connectivity index (χ1) is 16.5. The van der Waals surface area contributed by atoms with Crippen molar-refractivity contribution in [3.05, 3.63) is 95.6 Å². The van der Waals surface area contributed by atoms with Gasteiger partial charge in [-0.15, -0.1) is 0 Å². The van der Waals surface area contributed by atoms with Crippen molar-refractivity contribution in [3.8, 4) is 11.1 Å². The van der Waals surface area contributed by atoms with Crippen molar-refractivity contribution >= 4 is 18.0 Å². The Morgan fingerprint density at radius 2 is 1.44 bits per heavy atom. The monoisotopic (exact) mass is 458 g/mol. The van der Waals surface area contributed by atoms with Gasteiger partial charge in [0.2, 0.25) is 5.91 Å². The molecule has 3 aromatic rings. The summed E-state index contributed by atoms with van der Waals surface area (Å²) >= 11 is 0. The molecule has 0 saturated heterocycles. The molecule has 0 radical (unpaired) electrons. The minimum atomic E-state index is -1.12. The molecule has 0 saturated carbocycles. The number of carbonyl (C=O) groups is 3. The van der Waals surface area contributed by atoms with Crippen LogP contribution in [0.3, 0.4) is 0 Å². The van der Waals surface area contributed by atoms with Gasteiger partial charge in [0.15, 0.2) is 0 Å². The summed E-state index contributed by atoms with van der Waals surface area (Å²) in [4.78, 5) is 36.0. The van der Waals surface area contributed by atoms with Crippen LogP contribution in [0.15, 0.2) is 78.9 Å². The Labute approximate surface area is 197 Å². The second-order valence-electron chi connectivity index (χ2n) is 8.16. The molecular weight excluding hydrogens is 432 g/mol. The van der Waals surface area contributed by atoms with E-state index < -0.39 is 24.0 Å². The molecule has 174 valence electrons. The van der Waals surface area contributed by atoms with Gasteiger partial charge in [-0.25, -0.2) is 9.59 Å². The number of carboxylic acid groups (broad SMARTS) is 1. The van der Waals surface area contributed by atoms with Crippen molar-refractivity contribution in [1.82, 2.24) is 10.6 Å². The minimum absolute atomic E-state index is 0.0821. The predicted octanol–water partition coefficient (Wildman–Crippen LogP) is 3.73. The largest absolute Gasteiger partial charge is 0.480 e. The average Bonchev–Trinajstić information content (AvgIpc) is 3.18. The fourth-order valence-corrected chi connectivity index (χ4v) is 4.26. The lowest BCUT2D eigenvalue weighted by molar-refractivity contribution is -0.141. The molecule has 0 heterocycles. The summed E-state index contributed by atoms with van der Waals surface area (Å²) in [6.07, 6.45) is 0.0293. The summed E-state index contributed by atoms with van der Waals surface area (Å²) < 4.78 is 5.40. The number of hydrogen-bond donors (Lipinski definition) is 3. The molecule has 3 N–H and O–H groups in total. The molecule has 1 aliphatic carbocycles. The number of fused-ring (bicyclic) bond motifs is 3. The lowest BCUT2D eigenvalue weighted by Crippen LogP contribution is -2.45. The molecule has 2 amide bonds. The first-order valence-electron chi connectivity index (χ1n) is 11.2. The van der Waals surface area contributed by atoms with E-state index in [1.54, 1.807) is 0 Å². The number of nitrogens with one attached hydrogen (secondary N) is 2. The molecule has 1 aliphatic rings. The second kappa shape index (κ2) is 10.7. The third kappa shape index (κ3) is 5.43. The molecule has 0 aliphatic heterocycles. The van der Waals surface area contributed by atoms with E-state index >= 15 is 0 Å². The number of carbonyl (C=O) groups excluding carboxylic acids is 2. The second-order valence-corrected chi connectivity index (χ2v) is 8.16. The fourth-order valence-electron chi connectivity index (χ4n) is 4.26. The number of carboxylic acids is 1. The molecule has 0 fully saturated rings. The highest BCUT2D eigenvalue weighted by atomic mass is 16.5. The molecule has 0 aromatic heterocycles. The van der Waals surface area contributed by atoms with Crippen LogP contribution in [0, 0.1) is 0 Å². The predicted molar refractivity (Wildman–Crippen MR) is 127 cm³/mol. The number of hydrogen-bond acceptors (Lipinski definition) is 4. The summed E-state index contributed by atoms with van der Waals surface area (Å²) in [7, 11) is 0. The van der Waals surface area contributed by atoms with Crippen LogP contribution in [0.1, 0.15) is 29.0 Å². The third-order valence-electron chi connectivity index (χ3n) is 5.93. The first-order valence-corrected chi connectivity index (χ1v) is 11.2. The van der Waals surface area contributed by atoms with Gasteiger partial charge in [0.25, 0.3) is 0 Å². The molecule has 0 bridgehead atoms. The van der Waals surface area contributed by atoms with Crippen LogP contribution < -0.4 is 10.6 Å². The zero-order chi connectivity index (χ0) is 23.9. The van der Waals surface area contributed by atoms with E-state index in [9.17, 15) is 19.5 Å². The highest BCUT2D eigenvalue weighted by Gasteiger charge is 2.29. The van der Waals surface area contributed by atoms with Gasteiger partial charge in [-0.2, -0.15) is 0 Å². The van der Waals surface area contributed by atoms with Gasteiger partial charge in [-0.05, 0) is 40.7 Å². The number of aliphatic carboxylic acids is 1. The first kappa shape index (κ1) is 23.0. The summed E-state index contributed by atoms with van der Waals surface area (Å²) in [5.74, 6) is -1.79. The molecule has 1 unspecified atom stereocenters. The van der Waals surface area contributed by atoms with Crippen LogP contribution in [-0.4, -0.2) is 42.3 Å². The Morgan fingerprint density at radius 3 is 2.06 bits per heavy atom. The van der Waals surface area contributed by atoms with E-state index in [0.29, 0.717) is 6.42 Å². The third-order valence-corrected chi connectivity index (χ3v) is 5.93. The molecule has 3 aromatic carbocycles. The van der Waals surface area contributed by atoms with Crippen LogP contribution in [0.25, 0.3) is 11.1 Å². The Bertz CT molecular complexity index is 1130. The fraction of sp³-hybridized carbons (Fsp3) is 0.222. The van der Waals surface area contributed by atoms with Crippen LogP contribution >= 0.6 is 0 Å². The minimum Gasteiger partial charge on any atom is -0.480 e. The maximum absolute atomic E-state index is 12.2. The van der Waals surface area contributed by atoms with Gasteiger partial charge >= 0.3 is 12.1 Å². The number of ether oxygens (including phenoxy) is 1. The summed E-state index contributed by atoms with van der Waals surface area (Å²) in [6.45, 7) is -0.234. The van der Waals surface area contributed by atoms with Gasteiger partial charge in [0.1, 0.15) is 19.2 Å². The average molecular weight is 459 g/mol. The van der Waals surface area contributed by atoms with E-state index in [1.807, 2.05) is 66.7 Å². The molecular formula is C27H26N2O5. The topological polar surface area (TPSA) is 105 Å². The van der Waals surface area contributed by atoms with E-state index in [2.05, 4.69) is 22.8 Å². The van der Waals surface area contributed by atoms with E-state index in [4.69, 9.17) is 4.74 Å². The lowest BCUT2D eigenvalue weighted by Gasteiger charge is -2.16. The Balaban J connectivity index is 1.26. The highest BCUT2D eigenvalue weighted by molar-refractivity contribution is 5.86. The molecule has 1 atom stereocenters. The van der Waals surface area contributed by atoms with Crippen LogP contribution in [0.5, 0.6) is 0 Å². The molecule has 7 heteroatoms. The van der Waals surface area contributed by atoms with Crippen molar-refractivity contribution < 1.29 is 24.2 Å². The van der Waals surface area contributed by atoms with Gasteiger partial charge in [0, 0.05) is 5.92 Å². The van der Waals surface area contributed by atoms with Crippen molar-refractivity contribution in [1.29, 1.82) is 0 Å². The van der Waals surface area contributed by atoms with Crippen molar-refractivity contribution in [2.75, 3.05) is 13.2 Å². The molecule has 4 rings (SSSR count). The number of alkyl carbamates (subject to hydrolysis) is 1. The number of benzene rings is 3. The number of aryl methyl sites for hydroxylation is 1. The zero-order valence-electron chi connectivity index (χ0n) is 18.6. The van der Waals surface area contributed by atoms with Crippen LogP contribution in [0.4, 0.5) is 4.79 Å². The van der Waals surface area contributed by atoms with Gasteiger partial charge in [0.05, 0.1) is 0 Å². The summed E-state index contributed by atoms with van der Waals surface area (Å²) in [5.41, 5.74) is 5.43. The zero-order valence-corrected chi connectivity index (χ0v) is 18.6. The smallest absolute Gasteiger partial charge is 0.407 e. The maximum Gasteiger partial charge on any atom is 0.407 e. The van der Waals surface area contributed by atoms with Crippen LogP contribution in [0.2, 0.25) is 0 Å². The summed E-state index contributed by atoms with van der Waals surface area (Å²) in [6, 6.07) is 24.4. The normalized spacial score (nSPS) is 12.8. The van der Waals surface area contributed by atoms with Gasteiger partial charge < -0.3 is 20.5 Å². The van der Waals surface area contributed by atoms with Gasteiger partial charge in [-0.3, -0.25) is 4.79 Å². The SMILES string of the molecule is O=C(CNC(=O)OCC1c2ccccc2-c2ccccc21)NC(CCc1ccccc1)C(=O)O. The van der Waals surface area contributed by atoms with E-state index in [-0.39, 0.29) is 25.5 Å². The van der Waals surface area contributed by atoms with E-state index in [0.717, 1.165) is 27.8 Å². The number of amides is 2. The highest BCUT2D eigenvalue weighted by Crippen LogP contribution is 2.44. The Hall–Kier alpha value is -4.13. The molecule has 0 spiro atoms. The van der Waals surface area contributed by atoms with E-state index in [1.165, 1.54) is 0 Å².